The highest BCUT2D eigenvalue weighted by molar-refractivity contribution is 7.45. The number of unbranched alkanes of at least 4 members (excludes halogenated alkanes) is 35. The highest BCUT2D eigenvalue weighted by atomic mass is 31.2. The summed E-state index contributed by atoms with van der Waals surface area (Å²) in [5, 5.41) is 3.02. The average Bonchev–Trinajstić information content (AvgIpc) is 3.33. The Morgan fingerprint density at radius 1 is 0.493 bits per heavy atom. The molecular weight excluding hydrogens is 904 g/mol. The van der Waals surface area contributed by atoms with E-state index in [0.29, 0.717) is 17.4 Å². The van der Waals surface area contributed by atoms with Crippen molar-refractivity contribution in [3.8, 4) is 0 Å². The minimum absolute atomic E-state index is 0.0202. The SMILES string of the molecule is CCCCC/C=C\C/C=C\CCCCCCCCCCCCCC(=O)OC(/C=C/CCCCCCCCCCC)C(COP(=O)([O-])OCC[N+](C)(C)C)NC(=O)CCCCCCCCCCCCCCC. The lowest BCUT2D eigenvalue weighted by atomic mass is 10.0. The number of esters is 1. The van der Waals surface area contributed by atoms with E-state index in [1.807, 2.05) is 33.3 Å². The second-order valence-electron chi connectivity index (χ2n) is 21.9. The first-order chi connectivity index (χ1) is 34.4. The van der Waals surface area contributed by atoms with Gasteiger partial charge in [0.15, 0.2) is 0 Å². The maximum absolute atomic E-state index is 13.5. The van der Waals surface area contributed by atoms with Crippen molar-refractivity contribution in [3.63, 3.8) is 0 Å². The topological polar surface area (TPSA) is 114 Å². The molecule has 1 N–H and O–H groups in total. The van der Waals surface area contributed by atoms with Gasteiger partial charge in [0.1, 0.15) is 19.3 Å². The van der Waals surface area contributed by atoms with Crippen molar-refractivity contribution in [1.82, 2.24) is 5.32 Å². The van der Waals surface area contributed by atoms with E-state index >= 15 is 0 Å². The third kappa shape index (κ3) is 52.9. The summed E-state index contributed by atoms with van der Waals surface area (Å²) in [4.78, 5) is 39.9. The summed E-state index contributed by atoms with van der Waals surface area (Å²) in [5.41, 5.74) is 0. The lowest BCUT2D eigenvalue weighted by Crippen LogP contribution is -2.47. The standard InChI is InChI=1S/C61H117N2O7P/c1-7-10-13-16-19-22-25-27-28-29-30-31-32-33-34-36-39-42-45-48-51-54-61(65)70-59(52-49-46-43-40-37-24-21-18-15-12-9-3)58(57-69-71(66,67)68-56-55-63(4,5)6)62-60(64)53-50-47-44-41-38-35-26-23-20-17-14-11-8-2/h19,22,27-28,49,52,58-59H,7-18,20-21,23-26,29-48,50-51,53-57H2,1-6H3,(H-,62,64,66,67)/b22-19-,28-27-,52-49+. The van der Waals surface area contributed by atoms with Crippen LogP contribution in [0.3, 0.4) is 0 Å². The largest absolute Gasteiger partial charge is 0.756 e. The fourth-order valence-electron chi connectivity index (χ4n) is 8.85. The van der Waals surface area contributed by atoms with Crippen LogP contribution in [0.25, 0.3) is 0 Å². The second-order valence-corrected chi connectivity index (χ2v) is 23.3. The van der Waals surface area contributed by atoms with E-state index in [4.69, 9.17) is 13.8 Å². The Kier molecular flexibility index (Phi) is 50.4. The van der Waals surface area contributed by atoms with E-state index in [1.165, 1.54) is 193 Å². The Morgan fingerprint density at radius 3 is 1.30 bits per heavy atom. The molecule has 0 saturated carbocycles. The van der Waals surface area contributed by atoms with Crippen LogP contribution in [0, 0.1) is 0 Å². The minimum atomic E-state index is -4.69. The number of nitrogens with zero attached hydrogens (tertiary/aromatic N) is 1. The van der Waals surface area contributed by atoms with Crippen molar-refractivity contribution in [2.45, 2.75) is 303 Å². The van der Waals surface area contributed by atoms with Crippen LogP contribution in [0.1, 0.15) is 290 Å². The molecule has 9 nitrogen and oxygen atoms in total. The number of likely N-dealkylation sites (N-methyl/N-ethyl adjacent to an activating group) is 1. The number of ether oxygens (including phenoxy) is 1. The molecule has 0 rings (SSSR count). The number of hydrogen-bond donors (Lipinski definition) is 1. The first kappa shape index (κ1) is 69.2. The van der Waals surface area contributed by atoms with Gasteiger partial charge in [-0.3, -0.25) is 14.2 Å². The molecule has 71 heavy (non-hydrogen) atoms. The Balaban J connectivity index is 5.17. The zero-order valence-electron chi connectivity index (χ0n) is 47.7. The lowest BCUT2D eigenvalue weighted by molar-refractivity contribution is -0.870. The molecule has 0 spiro atoms. The molecule has 10 heteroatoms. The third-order valence-electron chi connectivity index (χ3n) is 13.6. The number of allylic oxidation sites excluding steroid dienone is 5. The Hall–Kier alpha value is -1.77. The van der Waals surface area contributed by atoms with E-state index in [-0.39, 0.29) is 31.5 Å². The lowest BCUT2D eigenvalue weighted by Gasteiger charge is -2.30. The van der Waals surface area contributed by atoms with Gasteiger partial charge in [-0.15, -0.1) is 0 Å². The summed E-state index contributed by atoms with van der Waals surface area (Å²) >= 11 is 0. The highest BCUT2D eigenvalue weighted by Gasteiger charge is 2.27. The smallest absolute Gasteiger partial charge is 0.306 e. The maximum atomic E-state index is 13.5. The average molecular weight is 1020 g/mol. The molecule has 1 amide bonds. The molecule has 0 aromatic rings. The quantitative estimate of drug-likeness (QED) is 0.0212. The molecule has 0 aromatic heterocycles. The fraction of sp³-hybridized carbons (Fsp3) is 0.869. The molecule has 418 valence electrons. The minimum Gasteiger partial charge on any atom is -0.756 e. The molecular formula is C61H117N2O7P. The normalized spacial score (nSPS) is 14.0. The molecule has 0 aliphatic carbocycles. The van der Waals surface area contributed by atoms with Gasteiger partial charge in [-0.05, 0) is 63.9 Å². The monoisotopic (exact) mass is 1020 g/mol. The van der Waals surface area contributed by atoms with Crippen LogP contribution in [0.2, 0.25) is 0 Å². The Morgan fingerprint density at radius 2 is 0.859 bits per heavy atom. The first-order valence-corrected chi connectivity index (χ1v) is 31.8. The summed E-state index contributed by atoms with van der Waals surface area (Å²) in [7, 11) is 1.19. The van der Waals surface area contributed by atoms with Crippen LogP contribution in [-0.2, 0) is 27.9 Å². The predicted octanol–water partition coefficient (Wildman–Crippen LogP) is 17.7. The van der Waals surface area contributed by atoms with Gasteiger partial charge in [0.05, 0.1) is 33.8 Å². The number of carbonyl (C=O) groups is 2. The molecule has 0 saturated heterocycles. The van der Waals surface area contributed by atoms with Crippen molar-refractivity contribution in [2.75, 3.05) is 40.9 Å². The summed E-state index contributed by atoms with van der Waals surface area (Å²) in [5.74, 6) is -0.533. The van der Waals surface area contributed by atoms with E-state index in [0.717, 1.165) is 64.2 Å². The van der Waals surface area contributed by atoms with E-state index in [1.54, 1.807) is 0 Å². The molecule has 0 bridgehead atoms. The van der Waals surface area contributed by atoms with Gasteiger partial charge in [0, 0.05) is 12.8 Å². The molecule has 0 aliphatic rings. The van der Waals surface area contributed by atoms with Crippen molar-refractivity contribution in [1.29, 1.82) is 0 Å². The van der Waals surface area contributed by atoms with Crippen LogP contribution in [0.15, 0.2) is 36.5 Å². The number of quaternary nitrogens is 1. The zero-order chi connectivity index (χ0) is 52.2. The number of carbonyl (C=O) groups excluding carboxylic acids is 2. The van der Waals surface area contributed by atoms with E-state index in [9.17, 15) is 19.0 Å². The van der Waals surface area contributed by atoms with Crippen LogP contribution in [-0.4, -0.2) is 69.4 Å². The number of rotatable bonds is 55. The van der Waals surface area contributed by atoms with E-state index in [2.05, 4.69) is 50.4 Å². The third-order valence-corrected chi connectivity index (χ3v) is 14.5. The van der Waals surface area contributed by atoms with Gasteiger partial charge in [0.2, 0.25) is 5.91 Å². The van der Waals surface area contributed by atoms with Crippen molar-refractivity contribution >= 4 is 19.7 Å². The number of nitrogens with one attached hydrogen (secondary N) is 1. The summed E-state index contributed by atoms with van der Waals surface area (Å²) in [6, 6.07) is -0.883. The van der Waals surface area contributed by atoms with Gasteiger partial charge < -0.3 is 28.5 Å². The van der Waals surface area contributed by atoms with Gasteiger partial charge in [-0.2, -0.15) is 0 Å². The molecule has 3 atom stereocenters. The molecule has 0 aliphatic heterocycles. The molecule has 0 heterocycles. The maximum Gasteiger partial charge on any atom is 0.306 e. The first-order valence-electron chi connectivity index (χ1n) is 30.3. The van der Waals surface area contributed by atoms with Gasteiger partial charge in [-0.25, -0.2) is 0 Å². The molecule has 0 fully saturated rings. The predicted molar refractivity (Wildman–Crippen MR) is 303 cm³/mol. The summed E-state index contributed by atoms with van der Waals surface area (Å²) < 4.78 is 30.3. The van der Waals surface area contributed by atoms with Crippen molar-refractivity contribution in [3.05, 3.63) is 36.5 Å². The van der Waals surface area contributed by atoms with Crippen molar-refractivity contribution < 1.29 is 37.3 Å². The Labute approximate surface area is 440 Å². The number of hydrogen-bond acceptors (Lipinski definition) is 7. The van der Waals surface area contributed by atoms with Crippen LogP contribution in [0.5, 0.6) is 0 Å². The molecule has 0 aromatic carbocycles. The summed E-state index contributed by atoms with van der Waals surface area (Å²) in [6.45, 7) is 6.83. The van der Waals surface area contributed by atoms with Crippen LogP contribution < -0.4 is 10.2 Å². The molecule has 3 unspecified atom stereocenters. The highest BCUT2D eigenvalue weighted by Crippen LogP contribution is 2.38. The van der Waals surface area contributed by atoms with E-state index < -0.39 is 20.0 Å². The van der Waals surface area contributed by atoms with Crippen LogP contribution in [0.4, 0.5) is 0 Å². The Bertz CT molecular complexity index is 1310. The summed E-state index contributed by atoms with van der Waals surface area (Å²) in [6.07, 6.45) is 61.1. The van der Waals surface area contributed by atoms with Gasteiger partial charge >= 0.3 is 5.97 Å². The zero-order valence-corrected chi connectivity index (χ0v) is 48.6. The second kappa shape index (κ2) is 51.7. The fourth-order valence-corrected chi connectivity index (χ4v) is 9.57. The number of amides is 1. The van der Waals surface area contributed by atoms with Gasteiger partial charge in [0.25, 0.3) is 7.82 Å². The number of phosphoric acid groups is 1. The number of phosphoric ester groups is 1. The van der Waals surface area contributed by atoms with Crippen LogP contribution >= 0.6 is 7.82 Å². The molecule has 0 radical (unpaired) electrons. The van der Waals surface area contributed by atoms with Crippen molar-refractivity contribution in [2.24, 2.45) is 0 Å². The van der Waals surface area contributed by atoms with Gasteiger partial charge in [-0.1, -0.05) is 250 Å².